The average Bonchev–Trinajstić information content (AvgIpc) is 2.09. The maximum atomic E-state index is 12.9. The first-order valence-corrected chi connectivity index (χ1v) is 4.22. The first-order chi connectivity index (χ1) is 5.97. The van der Waals surface area contributed by atoms with Crippen molar-refractivity contribution in [3.05, 3.63) is 29.3 Å². The molecular formula is C10H14FNO. The van der Waals surface area contributed by atoms with Gasteiger partial charge in [0.1, 0.15) is 5.82 Å². The highest BCUT2D eigenvalue weighted by molar-refractivity contribution is 5.19. The van der Waals surface area contributed by atoms with Crippen molar-refractivity contribution in [1.29, 1.82) is 0 Å². The zero-order valence-corrected chi connectivity index (χ0v) is 8.13. The Morgan fingerprint density at radius 2 is 2.08 bits per heavy atom. The molecule has 0 radical (unpaired) electrons. The van der Waals surface area contributed by atoms with Gasteiger partial charge in [0.05, 0.1) is 12.3 Å². The molecule has 0 atom stereocenters. The quantitative estimate of drug-likeness (QED) is 0.758. The minimum absolute atomic E-state index is 0.00503. The fraction of sp³-hybridized carbons (Fsp3) is 0.500. The van der Waals surface area contributed by atoms with Crippen LogP contribution in [-0.2, 0) is 5.41 Å². The van der Waals surface area contributed by atoms with Crippen LogP contribution in [0.25, 0.3) is 0 Å². The number of aliphatic hydroxyl groups is 1. The Bertz CT molecular complexity index is 310. The van der Waals surface area contributed by atoms with Gasteiger partial charge in [0.2, 0.25) is 0 Å². The molecule has 0 saturated carbocycles. The molecule has 0 aromatic carbocycles. The van der Waals surface area contributed by atoms with Crippen LogP contribution in [0.3, 0.4) is 0 Å². The zero-order chi connectivity index (χ0) is 10.1. The van der Waals surface area contributed by atoms with Crippen LogP contribution in [-0.4, -0.2) is 16.7 Å². The largest absolute Gasteiger partial charge is 0.395 e. The summed E-state index contributed by atoms with van der Waals surface area (Å²) in [5.41, 5.74) is 0.686. The van der Waals surface area contributed by atoms with Gasteiger partial charge >= 0.3 is 0 Å². The van der Waals surface area contributed by atoms with E-state index in [1.165, 1.54) is 6.07 Å². The van der Waals surface area contributed by atoms with Crippen LogP contribution in [0.2, 0.25) is 0 Å². The van der Waals surface area contributed by atoms with E-state index >= 15 is 0 Å². The monoisotopic (exact) mass is 183 g/mol. The number of hydrogen-bond donors (Lipinski definition) is 1. The molecule has 0 aliphatic heterocycles. The number of aryl methyl sites for hydroxylation is 1. The Morgan fingerprint density at radius 3 is 2.54 bits per heavy atom. The van der Waals surface area contributed by atoms with E-state index in [2.05, 4.69) is 4.98 Å². The number of halogens is 1. The van der Waals surface area contributed by atoms with Gasteiger partial charge in [0.25, 0.3) is 0 Å². The molecule has 1 aromatic rings. The summed E-state index contributed by atoms with van der Waals surface area (Å²) in [6.07, 6.45) is 0. The zero-order valence-electron chi connectivity index (χ0n) is 8.13. The maximum absolute atomic E-state index is 12.9. The summed E-state index contributed by atoms with van der Waals surface area (Å²) in [5, 5.41) is 9.07. The van der Waals surface area contributed by atoms with E-state index < -0.39 is 5.41 Å². The lowest BCUT2D eigenvalue weighted by Crippen LogP contribution is -2.23. The third kappa shape index (κ3) is 2.04. The molecule has 0 spiro atoms. The summed E-state index contributed by atoms with van der Waals surface area (Å²) < 4.78 is 12.9. The topological polar surface area (TPSA) is 33.1 Å². The standard InChI is InChI=1S/C10H14FNO/c1-7-8(11)4-5-9(12-7)10(2,3)6-13/h4-5,13H,6H2,1-3H3. The molecule has 0 fully saturated rings. The number of aromatic nitrogens is 1. The summed E-state index contributed by atoms with van der Waals surface area (Å²) >= 11 is 0. The van der Waals surface area contributed by atoms with Gasteiger partial charge in [-0.3, -0.25) is 4.98 Å². The first kappa shape index (κ1) is 10.1. The van der Waals surface area contributed by atoms with Crippen molar-refractivity contribution >= 4 is 0 Å². The number of pyridine rings is 1. The molecule has 72 valence electrons. The summed E-state index contributed by atoms with van der Waals surface area (Å²) in [6.45, 7) is 5.36. The van der Waals surface area contributed by atoms with E-state index in [1.807, 2.05) is 13.8 Å². The van der Waals surface area contributed by atoms with Crippen LogP contribution >= 0.6 is 0 Å². The molecule has 1 rings (SSSR count). The molecule has 2 nitrogen and oxygen atoms in total. The summed E-state index contributed by atoms with van der Waals surface area (Å²) in [4.78, 5) is 4.08. The Hall–Kier alpha value is -0.960. The SMILES string of the molecule is Cc1nc(C(C)(C)CO)ccc1F. The molecule has 0 aliphatic carbocycles. The highest BCUT2D eigenvalue weighted by Gasteiger charge is 2.21. The molecule has 1 aromatic heterocycles. The minimum Gasteiger partial charge on any atom is -0.395 e. The van der Waals surface area contributed by atoms with E-state index in [-0.39, 0.29) is 12.4 Å². The van der Waals surface area contributed by atoms with Crippen molar-refractivity contribution in [2.75, 3.05) is 6.61 Å². The Morgan fingerprint density at radius 1 is 1.46 bits per heavy atom. The van der Waals surface area contributed by atoms with Gasteiger partial charge in [-0.15, -0.1) is 0 Å². The molecule has 3 heteroatoms. The lowest BCUT2D eigenvalue weighted by molar-refractivity contribution is 0.215. The van der Waals surface area contributed by atoms with E-state index in [9.17, 15) is 4.39 Å². The third-order valence-corrected chi connectivity index (χ3v) is 2.11. The van der Waals surface area contributed by atoms with Crippen molar-refractivity contribution in [2.24, 2.45) is 0 Å². The van der Waals surface area contributed by atoms with Crippen LogP contribution in [0.15, 0.2) is 12.1 Å². The van der Waals surface area contributed by atoms with Crippen molar-refractivity contribution in [1.82, 2.24) is 4.98 Å². The number of aliphatic hydroxyl groups excluding tert-OH is 1. The van der Waals surface area contributed by atoms with Gasteiger partial charge in [-0.2, -0.15) is 0 Å². The first-order valence-electron chi connectivity index (χ1n) is 4.22. The molecule has 0 unspecified atom stereocenters. The van der Waals surface area contributed by atoms with Crippen LogP contribution in [0.4, 0.5) is 4.39 Å². The fourth-order valence-electron chi connectivity index (χ4n) is 1.00. The van der Waals surface area contributed by atoms with Gasteiger partial charge in [0, 0.05) is 11.1 Å². The number of nitrogens with zero attached hydrogens (tertiary/aromatic N) is 1. The van der Waals surface area contributed by atoms with Crippen LogP contribution < -0.4 is 0 Å². The smallest absolute Gasteiger partial charge is 0.144 e. The maximum Gasteiger partial charge on any atom is 0.144 e. The minimum atomic E-state index is -0.404. The molecule has 13 heavy (non-hydrogen) atoms. The van der Waals surface area contributed by atoms with Gasteiger partial charge in [0.15, 0.2) is 0 Å². The normalized spacial score (nSPS) is 11.8. The highest BCUT2D eigenvalue weighted by Crippen LogP contribution is 2.20. The van der Waals surface area contributed by atoms with Crippen LogP contribution in [0, 0.1) is 12.7 Å². The fourth-order valence-corrected chi connectivity index (χ4v) is 1.00. The van der Waals surface area contributed by atoms with Crippen molar-refractivity contribution < 1.29 is 9.50 Å². The highest BCUT2D eigenvalue weighted by atomic mass is 19.1. The van der Waals surface area contributed by atoms with Crippen molar-refractivity contribution in [3.63, 3.8) is 0 Å². The summed E-state index contributed by atoms with van der Waals surface area (Å²) in [6, 6.07) is 2.99. The van der Waals surface area contributed by atoms with E-state index in [4.69, 9.17) is 5.11 Å². The van der Waals surface area contributed by atoms with Gasteiger partial charge in [-0.1, -0.05) is 13.8 Å². The van der Waals surface area contributed by atoms with Crippen molar-refractivity contribution in [2.45, 2.75) is 26.2 Å². The second-order valence-electron chi connectivity index (χ2n) is 3.81. The molecule has 1 N–H and O–H groups in total. The van der Waals surface area contributed by atoms with E-state index in [1.54, 1.807) is 13.0 Å². The summed E-state index contributed by atoms with van der Waals surface area (Å²) in [5.74, 6) is -0.308. The molecule has 0 aliphatic rings. The molecular weight excluding hydrogens is 169 g/mol. The van der Waals surface area contributed by atoms with Crippen LogP contribution in [0.5, 0.6) is 0 Å². The second-order valence-corrected chi connectivity index (χ2v) is 3.81. The van der Waals surface area contributed by atoms with Crippen LogP contribution in [0.1, 0.15) is 25.2 Å². The second kappa shape index (κ2) is 3.42. The van der Waals surface area contributed by atoms with E-state index in [0.29, 0.717) is 11.4 Å². The molecule has 1 heterocycles. The lowest BCUT2D eigenvalue weighted by atomic mass is 9.90. The summed E-state index contributed by atoms with van der Waals surface area (Å²) in [7, 11) is 0. The average molecular weight is 183 g/mol. The third-order valence-electron chi connectivity index (χ3n) is 2.11. The van der Waals surface area contributed by atoms with Gasteiger partial charge in [-0.25, -0.2) is 4.39 Å². The number of hydrogen-bond acceptors (Lipinski definition) is 2. The molecule has 0 amide bonds. The Kier molecular flexibility index (Phi) is 2.66. The lowest BCUT2D eigenvalue weighted by Gasteiger charge is -2.21. The van der Waals surface area contributed by atoms with Gasteiger partial charge in [-0.05, 0) is 19.1 Å². The Balaban J connectivity index is 3.10. The van der Waals surface area contributed by atoms with E-state index in [0.717, 1.165) is 0 Å². The Labute approximate surface area is 77.4 Å². The molecule has 0 saturated heterocycles. The number of rotatable bonds is 2. The predicted octanol–water partition coefficient (Wildman–Crippen LogP) is 1.80. The predicted molar refractivity (Wildman–Crippen MR) is 49.0 cm³/mol. The molecule has 0 bridgehead atoms. The van der Waals surface area contributed by atoms with Crippen molar-refractivity contribution in [3.8, 4) is 0 Å². The van der Waals surface area contributed by atoms with Gasteiger partial charge < -0.3 is 5.11 Å².